The number of carbonyl (C=O) groups is 1. The Morgan fingerprint density at radius 1 is 1.12 bits per heavy atom. The standard InChI is InChI=1S/C19H20O5/c1-23-18-6-5-13(10-17(18)21)7-14-11-24-19(22)16(14)9-12-3-2-4-15(20)8-12/h2-6,8,10,14,16,20-21H,7,9,11H2,1H3. The Morgan fingerprint density at radius 3 is 2.62 bits per heavy atom. The number of carbonyl (C=O) groups excluding carboxylic acids is 1. The van der Waals surface area contributed by atoms with Crippen molar-refractivity contribution in [3.8, 4) is 17.2 Å². The van der Waals surface area contributed by atoms with E-state index in [0.717, 1.165) is 11.1 Å². The van der Waals surface area contributed by atoms with E-state index < -0.39 is 0 Å². The molecule has 0 amide bonds. The Kier molecular flexibility index (Phi) is 4.60. The average molecular weight is 328 g/mol. The van der Waals surface area contributed by atoms with Crippen LogP contribution in [0.5, 0.6) is 17.2 Å². The number of rotatable bonds is 5. The summed E-state index contributed by atoms with van der Waals surface area (Å²) in [6, 6.07) is 12.2. The Bertz CT molecular complexity index is 740. The highest BCUT2D eigenvalue weighted by Crippen LogP contribution is 2.32. The van der Waals surface area contributed by atoms with Crippen LogP contribution in [-0.2, 0) is 22.4 Å². The Hall–Kier alpha value is -2.69. The topological polar surface area (TPSA) is 76.0 Å². The SMILES string of the molecule is COc1ccc(CC2COC(=O)C2Cc2cccc(O)c2)cc1O. The molecule has 3 rings (SSSR count). The third-order valence-electron chi connectivity index (χ3n) is 4.42. The number of methoxy groups -OCH3 is 1. The molecule has 1 aliphatic heterocycles. The molecule has 2 atom stereocenters. The van der Waals surface area contributed by atoms with Crippen molar-refractivity contribution in [1.82, 2.24) is 0 Å². The molecule has 2 aromatic rings. The molecule has 1 saturated heterocycles. The van der Waals surface area contributed by atoms with Gasteiger partial charge in [-0.2, -0.15) is 0 Å². The molecule has 2 N–H and O–H groups in total. The first-order valence-electron chi connectivity index (χ1n) is 7.87. The van der Waals surface area contributed by atoms with Crippen LogP contribution in [0, 0.1) is 11.8 Å². The molecule has 2 aromatic carbocycles. The molecule has 0 aliphatic carbocycles. The van der Waals surface area contributed by atoms with Crippen molar-refractivity contribution < 1.29 is 24.5 Å². The summed E-state index contributed by atoms with van der Waals surface area (Å²) in [6.07, 6.45) is 1.16. The van der Waals surface area contributed by atoms with Gasteiger partial charge >= 0.3 is 5.97 Å². The maximum atomic E-state index is 12.1. The van der Waals surface area contributed by atoms with Crippen LogP contribution in [0.3, 0.4) is 0 Å². The van der Waals surface area contributed by atoms with Crippen molar-refractivity contribution >= 4 is 5.97 Å². The van der Waals surface area contributed by atoms with Gasteiger partial charge in [-0.25, -0.2) is 0 Å². The van der Waals surface area contributed by atoms with E-state index in [9.17, 15) is 15.0 Å². The van der Waals surface area contributed by atoms with Crippen molar-refractivity contribution in [2.24, 2.45) is 11.8 Å². The fourth-order valence-electron chi connectivity index (χ4n) is 3.16. The van der Waals surface area contributed by atoms with Crippen LogP contribution in [0.4, 0.5) is 0 Å². The molecule has 2 unspecified atom stereocenters. The minimum absolute atomic E-state index is 0.0349. The van der Waals surface area contributed by atoms with Crippen LogP contribution in [-0.4, -0.2) is 29.9 Å². The molecule has 1 aliphatic rings. The Balaban J connectivity index is 1.74. The molecule has 0 bridgehead atoms. The minimum Gasteiger partial charge on any atom is -0.508 e. The molecule has 1 fully saturated rings. The Labute approximate surface area is 140 Å². The molecule has 5 nitrogen and oxygen atoms in total. The number of cyclic esters (lactones) is 1. The van der Waals surface area contributed by atoms with Crippen LogP contribution in [0.25, 0.3) is 0 Å². The van der Waals surface area contributed by atoms with Gasteiger partial charge in [-0.1, -0.05) is 18.2 Å². The van der Waals surface area contributed by atoms with Gasteiger partial charge in [0.25, 0.3) is 0 Å². The summed E-state index contributed by atoms with van der Waals surface area (Å²) >= 11 is 0. The number of benzene rings is 2. The van der Waals surface area contributed by atoms with Gasteiger partial charge in [-0.05, 0) is 48.2 Å². The highest BCUT2D eigenvalue weighted by molar-refractivity contribution is 5.75. The van der Waals surface area contributed by atoms with Gasteiger partial charge in [0.15, 0.2) is 11.5 Å². The molecular formula is C19H20O5. The van der Waals surface area contributed by atoms with Crippen molar-refractivity contribution in [1.29, 1.82) is 0 Å². The van der Waals surface area contributed by atoms with E-state index in [0.29, 0.717) is 25.2 Å². The number of hydrogen-bond donors (Lipinski definition) is 2. The summed E-state index contributed by atoms with van der Waals surface area (Å²) in [4.78, 5) is 12.1. The lowest BCUT2D eigenvalue weighted by Crippen LogP contribution is -2.20. The van der Waals surface area contributed by atoms with Crippen LogP contribution in [0.2, 0.25) is 0 Å². The molecule has 0 spiro atoms. The number of hydrogen-bond acceptors (Lipinski definition) is 5. The second-order valence-electron chi connectivity index (χ2n) is 6.08. The molecule has 24 heavy (non-hydrogen) atoms. The van der Waals surface area contributed by atoms with E-state index in [1.54, 1.807) is 30.3 Å². The van der Waals surface area contributed by atoms with Crippen LogP contribution in [0.1, 0.15) is 11.1 Å². The van der Waals surface area contributed by atoms with E-state index in [2.05, 4.69) is 0 Å². The lowest BCUT2D eigenvalue weighted by Gasteiger charge is -2.16. The molecule has 0 radical (unpaired) electrons. The van der Waals surface area contributed by atoms with Crippen molar-refractivity contribution in [2.75, 3.05) is 13.7 Å². The minimum atomic E-state index is -0.254. The summed E-state index contributed by atoms with van der Waals surface area (Å²) in [5.41, 5.74) is 1.83. The highest BCUT2D eigenvalue weighted by atomic mass is 16.5. The number of phenols is 2. The third kappa shape index (κ3) is 3.45. The first-order chi connectivity index (χ1) is 11.6. The molecule has 1 heterocycles. The van der Waals surface area contributed by atoms with E-state index in [-0.39, 0.29) is 29.3 Å². The lowest BCUT2D eigenvalue weighted by molar-refractivity contribution is -0.141. The number of aromatic hydroxyl groups is 2. The predicted octanol–water partition coefficient (Wildman–Crippen LogP) is 2.68. The largest absolute Gasteiger partial charge is 0.508 e. The molecular weight excluding hydrogens is 308 g/mol. The van der Waals surface area contributed by atoms with Gasteiger partial charge in [0.1, 0.15) is 5.75 Å². The first kappa shape index (κ1) is 16.2. The zero-order chi connectivity index (χ0) is 17.1. The van der Waals surface area contributed by atoms with Crippen molar-refractivity contribution in [2.45, 2.75) is 12.8 Å². The normalized spacial score (nSPS) is 20.0. The Morgan fingerprint density at radius 2 is 1.92 bits per heavy atom. The summed E-state index contributed by atoms with van der Waals surface area (Å²) < 4.78 is 10.3. The van der Waals surface area contributed by atoms with Crippen LogP contribution >= 0.6 is 0 Å². The monoisotopic (exact) mass is 328 g/mol. The van der Waals surface area contributed by atoms with E-state index in [4.69, 9.17) is 9.47 Å². The number of esters is 1. The van der Waals surface area contributed by atoms with Gasteiger partial charge in [-0.3, -0.25) is 4.79 Å². The molecule has 0 saturated carbocycles. The molecule has 5 heteroatoms. The zero-order valence-electron chi connectivity index (χ0n) is 13.4. The van der Waals surface area contributed by atoms with Crippen molar-refractivity contribution in [3.63, 3.8) is 0 Å². The molecule has 0 aromatic heterocycles. The summed E-state index contributed by atoms with van der Waals surface area (Å²) in [7, 11) is 1.50. The van der Waals surface area contributed by atoms with Gasteiger partial charge in [0.05, 0.1) is 19.6 Å². The maximum absolute atomic E-state index is 12.1. The predicted molar refractivity (Wildman–Crippen MR) is 88.1 cm³/mol. The number of phenolic OH excluding ortho intramolecular Hbond substituents is 2. The third-order valence-corrected chi connectivity index (χ3v) is 4.42. The highest BCUT2D eigenvalue weighted by Gasteiger charge is 2.36. The van der Waals surface area contributed by atoms with E-state index in [1.165, 1.54) is 7.11 Å². The summed E-state index contributed by atoms with van der Waals surface area (Å²) in [5.74, 6) is 0.277. The fourth-order valence-corrected chi connectivity index (χ4v) is 3.16. The van der Waals surface area contributed by atoms with Gasteiger partial charge in [0.2, 0.25) is 0 Å². The average Bonchev–Trinajstić information content (AvgIpc) is 2.88. The second-order valence-corrected chi connectivity index (χ2v) is 6.08. The molecule has 126 valence electrons. The fraction of sp³-hybridized carbons (Fsp3) is 0.316. The zero-order valence-corrected chi connectivity index (χ0v) is 13.4. The summed E-state index contributed by atoms with van der Waals surface area (Å²) in [6.45, 7) is 0.370. The quantitative estimate of drug-likeness (QED) is 0.825. The van der Waals surface area contributed by atoms with Crippen LogP contribution in [0.15, 0.2) is 42.5 Å². The van der Waals surface area contributed by atoms with Gasteiger partial charge in [-0.15, -0.1) is 0 Å². The first-order valence-corrected chi connectivity index (χ1v) is 7.87. The van der Waals surface area contributed by atoms with Gasteiger partial charge < -0.3 is 19.7 Å². The lowest BCUT2D eigenvalue weighted by atomic mass is 9.85. The van der Waals surface area contributed by atoms with E-state index in [1.807, 2.05) is 12.1 Å². The van der Waals surface area contributed by atoms with Gasteiger partial charge in [0, 0.05) is 5.92 Å². The second kappa shape index (κ2) is 6.83. The summed E-state index contributed by atoms with van der Waals surface area (Å²) in [5, 5.41) is 19.5. The van der Waals surface area contributed by atoms with E-state index >= 15 is 0 Å². The smallest absolute Gasteiger partial charge is 0.309 e. The number of ether oxygens (including phenoxy) is 2. The van der Waals surface area contributed by atoms with Crippen LogP contribution < -0.4 is 4.74 Å². The van der Waals surface area contributed by atoms with Crippen molar-refractivity contribution in [3.05, 3.63) is 53.6 Å². The maximum Gasteiger partial charge on any atom is 0.309 e.